The molecule has 19 heteroatoms. The fraction of sp³-hybridized carbons (Fsp3) is 0.325. The minimum atomic E-state index is -4.64. The summed E-state index contributed by atoms with van der Waals surface area (Å²) in [6.45, 7) is 2.37. The molecule has 6 aromatic rings. The van der Waals surface area contributed by atoms with E-state index in [0.717, 1.165) is 38.7 Å². The molecule has 0 spiro atoms. The Hall–Kier alpha value is -5.85. The first-order chi connectivity index (χ1) is 29.1. The summed E-state index contributed by atoms with van der Waals surface area (Å²) < 4.78 is 70.2. The molecule has 59 heavy (non-hydrogen) atoms. The molecule has 0 bridgehead atoms. The number of benzene rings is 2. The van der Waals surface area contributed by atoms with Crippen LogP contribution in [0.25, 0.3) is 16.5 Å². The van der Waals surface area contributed by atoms with Crippen molar-refractivity contribution in [1.82, 2.24) is 34.0 Å². The number of carbonyl (C=O) groups is 2. The highest BCUT2D eigenvalue weighted by atomic mass is 35.5. The maximum atomic E-state index is 14.5. The molecule has 4 aromatic heterocycles. The van der Waals surface area contributed by atoms with Gasteiger partial charge in [0.2, 0.25) is 11.7 Å². The van der Waals surface area contributed by atoms with Crippen molar-refractivity contribution < 1.29 is 35.0 Å². The maximum Gasteiger partial charge on any atom is 0.416 e. The zero-order chi connectivity index (χ0) is 43.2. The Morgan fingerprint density at radius 3 is 2.59 bits per heavy atom. The normalized spacial score (nSPS) is 15.8. The summed E-state index contributed by atoms with van der Waals surface area (Å²) in [7, 11) is 0. The lowest BCUT2D eigenvalue weighted by molar-refractivity contribution is -0.137. The molecule has 0 atom stereocenters. The van der Waals surface area contributed by atoms with Gasteiger partial charge in [-0.3, -0.25) is 14.4 Å². The number of alkyl halides is 3. The Morgan fingerprint density at radius 1 is 1.08 bits per heavy atom. The van der Waals surface area contributed by atoms with Crippen molar-refractivity contribution in [3.8, 4) is 16.5 Å². The number of ether oxygens (including phenoxy) is 2. The van der Waals surface area contributed by atoms with E-state index in [-0.39, 0.29) is 97.6 Å². The monoisotopic (exact) mass is 849 g/mol. The second kappa shape index (κ2) is 16.4. The Balaban J connectivity index is 1.11. The fourth-order valence-corrected chi connectivity index (χ4v) is 8.31. The Kier molecular flexibility index (Phi) is 10.4. The third-order valence-corrected chi connectivity index (χ3v) is 11.5. The van der Waals surface area contributed by atoms with Crippen LogP contribution in [0.15, 0.2) is 65.7 Å². The summed E-state index contributed by atoms with van der Waals surface area (Å²) in [5, 5.41) is 6.87. The van der Waals surface area contributed by atoms with Crippen molar-refractivity contribution in [2.45, 2.75) is 52.6 Å². The molecule has 0 unspecified atom stereocenters. The second-order valence-electron chi connectivity index (χ2n) is 13.8. The number of piperazine rings is 1. The number of halogens is 4. The van der Waals surface area contributed by atoms with Crippen LogP contribution in [0.5, 0.6) is 5.75 Å². The van der Waals surface area contributed by atoms with Gasteiger partial charge in [-0.05, 0) is 55.2 Å². The van der Waals surface area contributed by atoms with Crippen molar-refractivity contribution in [2.24, 2.45) is 0 Å². The van der Waals surface area contributed by atoms with Gasteiger partial charge in [0.15, 0.2) is 17.3 Å². The highest BCUT2D eigenvalue weighted by Crippen LogP contribution is 2.35. The summed E-state index contributed by atoms with van der Waals surface area (Å²) >= 11 is 7.48. The molecule has 2 amide bonds. The molecule has 0 saturated carbocycles. The topological polar surface area (TPSA) is 149 Å². The number of carbonyl (C=O) groups excluding carboxylic acids is 2. The van der Waals surface area contributed by atoms with E-state index >= 15 is 0 Å². The first-order valence-corrected chi connectivity index (χ1v) is 19.8. The fourth-order valence-electron chi connectivity index (χ4n) is 7.05. The van der Waals surface area contributed by atoms with Crippen molar-refractivity contribution in [1.29, 1.82) is 0 Å². The van der Waals surface area contributed by atoms with Gasteiger partial charge in [0.25, 0.3) is 11.5 Å². The van der Waals surface area contributed by atoms with Gasteiger partial charge < -0.3 is 29.2 Å². The summed E-state index contributed by atoms with van der Waals surface area (Å²) in [5.41, 5.74) is 1.37. The van der Waals surface area contributed by atoms with E-state index in [1.807, 2.05) is 42.2 Å². The lowest BCUT2D eigenvalue weighted by Crippen LogP contribution is -2.51. The van der Waals surface area contributed by atoms with Crippen molar-refractivity contribution in [2.75, 3.05) is 43.0 Å². The lowest BCUT2D eigenvalue weighted by Gasteiger charge is -2.36. The van der Waals surface area contributed by atoms with Crippen molar-refractivity contribution >= 4 is 51.9 Å². The number of nitrogens with one attached hydrogen (secondary N) is 1. The molecular formula is C40H37ClF3N9O5S. The number of fused-ring (bicyclic) bond motifs is 2. The molecule has 2 aliphatic rings. The molecule has 6 heterocycles. The predicted octanol–water partition coefficient (Wildman–Crippen LogP) is 6.21. The van der Waals surface area contributed by atoms with Crippen molar-refractivity contribution in [3.63, 3.8) is 0 Å². The summed E-state index contributed by atoms with van der Waals surface area (Å²) in [5.74, 6) is -0.561. The van der Waals surface area contributed by atoms with Gasteiger partial charge in [0, 0.05) is 31.1 Å². The molecule has 14 nitrogen and oxygen atoms in total. The molecule has 8 rings (SSSR count). The first kappa shape index (κ1) is 37.4. The average molecular weight is 850 g/mol. The lowest BCUT2D eigenvalue weighted by atomic mass is 10.1. The highest BCUT2D eigenvalue weighted by molar-refractivity contribution is 7.15. The molecule has 306 valence electrons. The first-order valence-electron chi connectivity index (χ1n) is 19.6. The number of hydrogen-bond donors (Lipinski definition) is 1. The number of amides is 2. The van der Waals surface area contributed by atoms with E-state index in [1.165, 1.54) is 22.2 Å². The van der Waals surface area contributed by atoms with Gasteiger partial charge in [0.05, 0.1) is 48.4 Å². The zero-order valence-corrected chi connectivity index (χ0v) is 33.2. The molecule has 1 fully saturated rings. The van der Waals surface area contributed by atoms with E-state index in [2.05, 4.69) is 20.4 Å². The standard InChI is InChI=1S/C40H37ClF3N9O5S/c1-3-29-34(50-12-14-51(15-13-50)37(55)33-35(23(2)45-22-46-33)58-20-24-7-5-4-6-8-24)38(56)53-39(48-36(49-53)30-17-25-11-16-57-21-31(25)59-30)52(29)19-32(54)47-28-10-9-26(18-27(28)41)40(42,43)44/h4-10,17-18,22H,3,11-16,19-21H2,1-2H3,(H,47,54)/i16D2. The third kappa shape index (κ3) is 8.11. The number of anilines is 2. The zero-order valence-electron chi connectivity index (χ0n) is 33.7. The van der Waals surface area contributed by atoms with E-state index in [4.69, 9.17) is 28.8 Å². The minimum absolute atomic E-state index is 0.0170. The van der Waals surface area contributed by atoms with Crippen LogP contribution in [-0.4, -0.2) is 78.6 Å². The minimum Gasteiger partial charge on any atom is -0.485 e. The van der Waals surface area contributed by atoms with Crippen LogP contribution >= 0.6 is 22.9 Å². The summed E-state index contributed by atoms with van der Waals surface area (Å²) in [4.78, 5) is 60.3. The van der Waals surface area contributed by atoms with Gasteiger partial charge in [-0.25, -0.2) is 9.97 Å². The smallest absolute Gasteiger partial charge is 0.416 e. The van der Waals surface area contributed by atoms with Crippen LogP contribution in [0.4, 0.5) is 24.5 Å². The van der Waals surface area contributed by atoms with E-state index < -0.39 is 36.3 Å². The molecule has 2 aliphatic heterocycles. The molecule has 1 saturated heterocycles. The predicted molar refractivity (Wildman–Crippen MR) is 214 cm³/mol. The van der Waals surface area contributed by atoms with E-state index in [9.17, 15) is 27.6 Å². The summed E-state index contributed by atoms with van der Waals surface area (Å²) in [6.07, 6.45) is -3.06. The largest absolute Gasteiger partial charge is 0.485 e. The Bertz CT molecular complexity index is 2720. The number of aromatic nitrogens is 6. The quantitative estimate of drug-likeness (QED) is 0.169. The van der Waals surface area contributed by atoms with Crippen LogP contribution in [0.3, 0.4) is 0 Å². The van der Waals surface area contributed by atoms with Gasteiger partial charge >= 0.3 is 6.18 Å². The van der Waals surface area contributed by atoms with Crippen LogP contribution in [-0.2, 0) is 48.3 Å². The van der Waals surface area contributed by atoms with E-state index in [1.54, 1.807) is 17.9 Å². The van der Waals surface area contributed by atoms with Gasteiger partial charge in [-0.1, -0.05) is 48.9 Å². The number of hydrogen-bond acceptors (Lipinski definition) is 11. The average Bonchev–Trinajstić information content (AvgIpc) is 3.86. The number of aryl methyl sites for hydroxylation is 2. The van der Waals surface area contributed by atoms with Crippen LogP contribution < -0.4 is 20.5 Å². The van der Waals surface area contributed by atoms with Crippen LogP contribution in [0.1, 0.15) is 53.1 Å². The summed E-state index contributed by atoms with van der Waals surface area (Å²) in [6, 6.07) is 13.8. The van der Waals surface area contributed by atoms with Gasteiger partial charge in [-0.2, -0.15) is 22.7 Å². The molecule has 1 N–H and O–H groups in total. The molecule has 0 radical (unpaired) electrons. The Labute approximate surface area is 347 Å². The third-order valence-electron chi connectivity index (χ3n) is 10.0. The number of rotatable bonds is 10. The van der Waals surface area contributed by atoms with Crippen molar-refractivity contribution in [3.05, 3.63) is 115 Å². The van der Waals surface area contributed by atoms with E-state index in [0.29, 0.717) is 16.3 Å². The maximum absolute atomic E-state index is 14.5. The molecule has 0 aliphatic carbocycles. The van der Waals surface area contributed by atoms with Gasteiger partial charge in [0.1, 0.15) is 25.2 Å². The number of thiophene rings is 1. The second-order valence-corrected chi connectivity index (χ2v) is 15.3. The SMILES string of the molecule is [2H]C1([2H])Cc2cc(-c3nc4n(CC(=O)Nc5ccc(C(F)(F)F)cc5Cl)c(CC)c(N5CCN(C(=O)c6ncnc(C)c6OCc6ccccc6)CC5)c(=O)n4n3)sc2CO1. The number of nitrogens with zero attached hydrogens (tertiary/aromatic N) is 8. The molecular weight excluding hydrogens is 811 g/mol. The van der Waals surface area contributed by atoms with Gasteiger partial charge in [-0.15, -0.1) is 16.4 Å². The Morgan fingerprint density at radius 2 is 1.86 bits per heavy atom. The van der Waals surface area contributed by atoms with Crippen LogP contribution in [0.2, 0.25) is 5.02 Å². The molecule has 2 aromatic carbocycles. The van der Waals surface area contributed by atoms with Crippen LogP contribution in [0, 0.1) is 6.92 Å². The highest BCUT2D eigenvalue weighted by Gasteiger charge is 2.33.